The number of carbonyl (C=O) groups excluding carboxylic acids is 1. The lowest BCUT2D eigenvalue weighted by atomic mass is 10.1. The number of nitrogens with one attached hydrogen (secondary N) is 1. The quantitative estimate of drug-likeness (QED) is 0.466. The molecule has 1 amide bonds. The molecule has 0 aliphatic carbocycles. The lowest BCUT2D eigenvalue weighted by Gasteiger charge is -2.19. The predicted molar refractivity (Wildman–Crippen MR) is 92.6 cm³/mol. The fourth-order valence-electron chi connectivity index (χ4n) is 1.90. The lowest BCUT2D eigenvalue weighted by molar-refractivity contribution is -0.386. The van der Waals surface area contributed by atoms with Crippen molar-refractivity contribution >= 4 is 27.7 Å². The van der Waals surface area contributed by atoms with Gasteiger partial charge in [0.2, 0.25) is 0 Å². The van der Waals surface area contributed by atoms with Crippen molar-refractivity contribution in [1.29, 1.82) is 0 Å². The average molecular weight is 385 g/mol. The molecule has 0 aliphatic heterocycles. The van der Waals surface area contributed by atoms with Crippen LogP contribution in [-0.4, -0.2) is 23.2 Å². The van der Waals surface area contributed by atoms with E-state index in [2.05, 4.69) is 21.2 Å². The van der Waals surface area contributed by atoms with Crippen molar-refractivity contribution in [1.82, 2.24) is 5.32 Å². The maximum atomic E-state index is 11.5. The Morgan fingerprint density at radius 1 is 1.39 bits per heavy atom. The predicted octanol–water partition coefficient (Wildman–Crippen LogP) is 4.29. The molecule has 0 saturated heterocycles. The number of nitrogens with zero attached hydrogens (tertiary/aromatic N) is 1. The smallest absolute Gasteiger partial charge is 0.407 e. The van der Waals surface area contributed by atoms with Crippen LogP contribution in [0.15, 0.2) is 28.8 Å². The van der Waals surface area contributed by atoms with Crippen molar-refractivity contribution in [3.05, 3.63) is 50.0 Å². The summed E-state index contributed by atoms with van der Waals surface area (Å²) in [4.78, 5) is 22.3. The number of rotatable bonds is 5. The van der Waals surface area contributed by atoms with E-state index in [1.807, 2.05) is 0 Å². The van der Waals surface area contributed by atoms with E-state index in [1.165, 1.54) is 0 Å². The molecule has 0 fully saturated rings. The van der Waals surface area contributed by atoms with Crippen molar-refractivity contribution in [2.45, 2.75) is 39.7 Å². The van der Waals surface area contributed by atoms with Crippen LogP contribution in [0.4, 0.5) is 10.5 Å². The Morgan fingerprint density at radius 3 is 2.61 bits per heavy atom. The molecule has 0 bridgehead atoms. The summed E-state index contributed by atoms with van der Waals surface area (Å²) in [5, 5.41) is 13.8. The van der Waals surface area contributed by atoms with Crippen molar-refractivity contribution in [3.8, 4) is 0 Å². The summed E-state index contributed by atoms with van der Waals surface area (Å²) in [5.74, 6) is 0. The van der Waals surface area contributed by atoms with Crippen molar-refractivity contribution in [3.63, 3.8) is 0 Å². The Kier molecular flexibility index (Phi) is 6.75. The van der Waals surface area contributed by atoms with Crippen LogP contribution in [0.3, 0.4) is 0 Å². The first-order valence-corrected chi connectivity index (χ1v) is 7.95. The highest BCUT2D eigenvalue weighted by molar-refractivity contribution is 9.10. The second-order valence-corrected chi connectivity index (χ2v) is 6.85. The van der Waals surface area contributed by atoms with Gasteiger partial charge < -0.3 is 10.1 Å². The summed E-state index contributed by atoms with van der Waals surface area (Å²) >= 11 is 3.30. The molecule has 1 aromatic rings. The van der Waals surface area contributed by atoms with Crippen LogP contribution in [0.25, 0.3) is 0 Å². The Bertz CT molecular complexity index is 621. The van der Waals surface area contributed by atoms with E-state index in [0.29, 0.717) is 28.6 Å². The molecule has 1 rings (SSSR count). The summed E-state index contributed by atoms with van der Waals surface area (Å²) in [7, 11) is 0. The molecule has 1 aromatic carbocycles. The van der Waals surface area contributed by atoms with E-state index in [1.54, 1.807) is 52.0 Å². The number of amides is 1. The van der Waals surface area contributed by atoms with Crippen LogP contribution in [0, 0.1) is 17.0 Å². The van der Waals surface area contributed by atoms with Gasteiger partial charge in [0.1, 0.15) is 5.60 Å². The number of hydrogen-bond acceptors (Lipinski definition) is 4. The minimum absolute atomic E-state index is 0.115. The van der Waals surface area contributed by atoms with Gasteiger partial charge in [-0.15, -0.1) is 0 Å². The number of benzene rings is 1. The molecule has 126 valence electrons. The SMILES string of the molecule is Cc1c(Br)ccc(C/C=C/CNC(=O)OC(C)(C)C)c1[N+](=O)[O-]. The highest BCUT2D eigenvalue weighted by atomic mass is 79.9. The Labute approximate surface area is 144 Å². The second kappa shape index (κ2) is 8.10. The van der Waals surface area contributed by atoms with Gasteiger partial charge in [-0.2, -0.15) is 0 Å². The number of carbonyl (C=O) groups is 1. The number of ether oxygens (including phenoxy) is 1. The zero-order chi connectivity index (χ0) is 17.6. The molecule has 7 heteroatoms. The van der Waals surface area contributed by atoms with Crippen LogP contribution >= 0.6 is 15.9 Å². The summed E-state index contributed by atoms with van der Waals surface area (Å²) in [6, 6.07) is 3.52. The molecule has 0 aromatic heterocycles. The molecule has 23 heavy (non-hydrogen) atoms. The summed E-state index contributed by atoms with van der Waals surface area (Å²) in [6.07, 6.45) is 3.45. The highest BCUT2D eigenvalue weighted by Gasteiger charge is 2.18. The van der Waals surface area contributed by atoms with Gasteiger partial charge in [0, 0.05) is 22.1 Å². The fourth-order valence-corrected chi connectivity index (χ4v) is 2.22. The zero-order valence-corrected chi connectivity index (χ0v) is 15.3. The Hall–Kier alpha value is -1.89. The topological polar surface area (TPSA) is 81.5 Å². The summed E-state index contributed by atoms with van der Waals surface area (Å²) < 4.78 is 5.82. The Balaban J connectivity index is 2.61. The number of alkyl carbamates (subject to hydrolysis) is 1. The maximum Gasteiger partial charge on any atom is 0.407 e. The van der Waals surface area contributed by atoms with Crippen LogP contribution in [0.1, 0.15) is 31.9 Å². The van der Waals surface area contributed by atoms with Gasteiger partial charge in [-0.05, 0) is 40.2 Å². The van der Waals surface area contributed by atoms with Crippen LogP contribution < -0.4 is 5.32 Å². The fraction of sp³-hybridized carbons (Fsp3) is 0.438. The number of halogens is 1. The van der Waals surface area contributed by atoms with Gasteiger partial charge in [0.15, 0.2) is 0 Å². The molecule has 0 spiro atoms. The van der Waals surface area contributed by atoms with Crippen molar-refractivity contribution in [2.24, 2.45) is 0 Å². The molecule has 0 unspecified atom stereocenters. The van der Waals surface area contributed by atoms with Gasteiger partial charge in [0.25, 0.3) is 5.69 Å². The number of hydrogen-bond donors (Lipinski definition) is 1. The molecule has 6 nitrogen and oxygen atoms in total. The standard InChI is InChI=1S/C16H21BrN2O4/c1-11-13(17)9-8-12(14(11)19(21)22)7-5-6-10-18-15(20)23-16(2,3)4/h5-6,8-9H,7,10H2,1-4H3,(H,18,20)/b6-5+. The van der Waals surface area contributed by atoms with E-state index in [-0.39, 0.29) is 10.6 Å². The first-order valence-electron chi connectivity index (χ1n) is 7.16. The zero-order valence-electron chi connectivity index (χ0n) is 13.7. The highest BCUT2D eigenvalue weighted by Crippen LogP contribution is 2.30. The van der Waals surface area contributed by atoms with Gasteiger partial charge in [-0.25, -0.2) is 4.79 Å². The normalized spacial score (nSPS) is 11.5. The third-order valence-electron chi connectivity index (χ3n) is 2.90. The molecule has 0 atom stereocenters. The van der Waals surface area contributed by atoms with Gasteiger partial charge >= 0.3 is 6.09 Å². The first kappa shape index (κ1) is 19.2. The Morgan fingerprint density at radius 2 is 2.04 bits per heavy atom. The largest absolute Gasteiger partial charge is 0.444 e. The van der Waals surface area contributed by atoms with Gasteiger partial charge in [0.05, 0.1) is 4.92 Å². The molecule has 0 saturated carbocycles. The van der Waals surface area contributed by atoms with Crippen LogP contribution in [-0.2, 0) is 11.2 Å². The molecule has 0 heterocycles. The minimum Gasteiger partial charge on any atom is -0.444 e. The third kappa shape index (κ3) is 6.40. The van der Waals surface area contributed by atoms with Crippen LogP contribution in [0.5, 0.6) is 0 Å². The van der Waals surface area contributed by atoms with E-state index in [4.69, 9.17) is 4.74 Å². The molecule has 0 aliphatic rings. The van der Waals surface area contributed by atoms with E-state index in [0.717, 1.165) is 0 Å². The minimum atomic E-state index is -0.538. The number of nitro benzene ring substituents is 1. The molecular formula is C16H21BrN2O4. The molecular weight excluding hydrogens is 364 g/mol. The second-order valence-electron chi connectivity index (χ2n) is 6.00. The maximum absolute atomic E-state index is 11.5. The third-order valence-corrected chi connectivity index (χ3v) is 3.76. The summed E-state index contributed by atoms with van der Waals surface area (Å²) in [6.45, 7) is 7.38. The lowest BCUT2D eigenvalue weighted by Crippen LogP contribution is -2.32. The van der Waals surface area contributed by atoms with E-state index >= 15 is 0 Å². The first-order chi connectivity index (χ1) is 10.6. The molecule has 0 radical (unpaired) electrons. The van der Waals surface area contributed by atoms with Gasteiger partial charge in [-0.3, -0.25) is 10.1 Å². The van der Waals surface area contributed by atoms with Gasteiger partial charge in [-0.1, -0.05) is 34.1 Å². The van der Waals surface area contributed by atoms with Crippen molar-refractivity contribution < 1.29 is 14.5 Å². The average Bonchev–Trinajstić information content (AvgIpc) is 2.39. The van der Waals surface area contributed by atoms with E-state index in [9.17, 15) is 14.9 Å². The summed E-state index contributed by atoms with van der Waals surface area (Å²) in [5.41, 5.74) is 0.810. The van der Waals surface area contributed by atoms with Crippen LogP contribution in [0.2, 0.25) is 0 Å². The van der Waals surface area contributed by atoms with E-state index < -0.39 is 11.7 Å². The van der Waals surface area contributed by atoms with Crippen molar-refractivity contribution in [2.75, 3.05) is 6.54 Å². The monoisotopic (exact) mass is 384 g/mol. The molecule has 1 N–H and O–H groups in total. The number of allylic oxidation sites excluding steroid dienone is 1. The number of nitro groups is 1.